The SMILES string of the molecule is CCC(N)COc1cccc(F)c1. The lowest BCUT2D eigenvalue weighted by Crippen LogP contribution is -2.26. The molecule has 1 unspecified atom stereocenters. The van der Waals surface area contributed by atoms with Crippen molar-refractivity contribution in [1.82, 2.24) is 0 Å². The molecule has 2 N–H and O–H groups in total. The van der Waals surface area contributed by atoms with Gasteiger partial charge in [0, 0.05) is 12.1 Å². The molecular weight excluding hydrogens is 169 g/mol. The number of hydrogen-bond acceptors (Lipinski definition) is 2. The fraction of sp³-hybridized carbons (Fsp3) is 0.400. The maximum atomic E-state index is 12.7. The van der Waals surface area contributed by atoms with Gasteiger partial charge in [-0.15, -0.1) is 0 Å². The summed E-state index contributed by atoms with van der Waals surface area (Å²) < 4.78 is 17.9. The van der Waals surface area contributed by atoms with E-state index < -0.39 is 0 Å². The van der Waals surface area contributed by atoms with Gasteiger partial charge in [0.25, 0.3) is 0 Å². The maximum Gasteiger partial charge on any atom is 0.126 e. The van der Waals surface area contributed by atoms with Gasteiger partial charge >= 0.3 is 0 Å². The summed E-state index contributed by atoms with van der Waals surface area (Å²) in [6.45, 7) is 2.42. The van der Waals surface area contributed by atoms with Gasteiger partial charge in [0.05, 0.1) is 0 Å². The number of hydrogen-bond donors (Lipinski definition) is 1. The molecule has 0 aromatic heterocycles. The van der Waals surface area contributed by atoms with Gasteiger partial charge in [0.2, 0.25) is 0 Å². The second kappa shape index (κ2) is 4.82. The van der Waals surface area contributed by atoms with Gasteiger partial charge in [-0.1, -0.05) is 13.0 Å². The molecule has 0 aliphatic carbocycles. The van der Waals surface area contributed by atoms with Gasteiger partial charge in [0.15, 0.2) is 0 Å². The smallest absolute Gasteiger partial charge is 0.126 e. The molecule has 0 amide bonds. The molecule has 2 nitrogen and oxygen atoms in total. The summed E-state index contributed by atoms with van der Waals surface area (Å²) in [5.74, 6) is 0.242. The van der Waals surface area contributed by atoms with Crippen molar-refractivity contribution in [3.05, 3.63) is 30.1 Å². The lowest BCUT2D eigenvalue weighted by atomic mass is 10.2. The summed E-state index contributed by atoms with van der Waals surface area (Å²) in [5.41, 5.74) is 5.64. The third kappa shape index (κ3) is 3.42. The molecule has 72 valence electrons. The Morgan fingerprint density at radius 1 is 1.54 bits per heavy atom. The highest BCUT2D eigenvalue weighted by atomic mass is 19.1. The summed E-state index contributed by atoms with van der Waals surface area (Å²) in [6.07, 6.45) is 0.856. The van der Waals surface area contributed by atoms with Gasteiger partial charge in [-0.05, 0) is 18.6 Å². The quantitative estimate of drug-likeness (QED) is 0.774. The second-order valence-corrected chi connectivity index (χ2v) is 2.94. The van der Waals surface area contributed by atoms with Gasteiger partial charge in [-0.2, -0.15) is 0 Å². The zero-order chi connectivity index (χ0) is 9.68. The van der Waals surface area contributed by atoms with E-state index in [1.54, 1.807) is 12.1 Å². The second-order valence-electron chi connectivity index (χ2n) is 2.94. The van der Waals surface area contributed by atoms with Crippen LogP contribution >= 0.6 is 0 Å². The minimum atomic E-state index is -0.289. The molecule has 3 heteroatoms. The summed E-state index contributed by atoms with van der Waals surface area (Å²) in [6, 6.07) is 6.08. The average molecular weight is 183 g/mol. The molecule has 0 fully saturated rings. The van der Waals surface area contributed by atoms with E-state index in [9.17, 15) is 4.39 Å². The molecule has 0 bridgehead atoms. The first-order valence-corrected chi connectivity index (χ1v) is 4.36. The van der Waals surface area contributed by atoms with Crippen LogP contribution in [0.3, 0.4) is 0 Å². The van der Waals surface area contributed by atoms with E-state index in [4.69, 9.17) is 10.5 Å². The van der Waals surface area contributed by atoms with Crippen LogP contribution < -0.4 is 10.5 Å². The molecule has 1 rings (SSSR count). The third-order valence-corrected chi connectivity index (χ3v) is 1.78. The monoisotopic (exact) mass is 183 g/mol. The average Bonchev–Trinajstić information content (AvgIpc) is 2.14. The molecule has 1 atom stereocenters. The maximum absolute atomic E-state index is 12.7. The zero-order valence-electron chi connectivity index (χ0n) is 7.66. The molecule has 0 saturated heterocycles. The predicted octanol–water partition coefficient (Wildman–Crippen LogP) is 1.94. The first-order valence-electron chi connectivity index (χ1n) is 4.36. The fourth-order valence-corrected chi connectivity index (χ4v) is 0.878. The van der Waals surface area contributed by atoms with Crippen LogP contribution in [0.15, 0.2) is 24.3 Å². The van der Waals surface area contributed by atoms with Gasteiger partial charge in [-0.3, -0.25) is 0 Å². The van der Waals surface area contributed by atoms with E-state index in [0.29, 0.717) is 12.4 Å². The molecule has 0 heterocycles. The van der Waals surface area contributed by atoms with Crippen molar-refractivity contribution in [2.45, 2.75) is 19.4 Å². The number of ether oxygens (including phenoxy) is 1. The van der Waals surface area contributed by atoms with Crippen molar-refractivity contribution in [1.29, 1.82) is 0 Å². The van der Waals surface area contributed by atoms with Crippen molar-refractivity contribution in [3.63, 3.8) is 0 Å². The third-order valence-electron chi connectivity index (χ3n) is 1.78. The summed E-state index contributed by atoms with van der Waals surface area (Å²) >= 11 is 0. The van der Waals surface area contributed by atoms with Crippen molar-refractivity contribution < 1.29 is 9.13 Å². The normalized spacial score (nSPS) is 12.5. The van der Waals surface area contributed by atoms with Gasteiger partial charge in [-0.25, -0.2) is 4.39 Å². The van der Waals surface area contributed by atoms with Crippen LogP contribution in [0.5, 0.6) is 5.75 Å². The Labute approximate surface area is 77.5 Å². The summed E-state index contributed by atoms with van der Waals surface area (Å²) in [5, 5.41) is 0. The van der Waals surface area contributed by atoms with Crippen LogP contribution in [0.25, 0.3) is 0 Å². The molecule has 0 radical (unpaired) electrons. The van der Waals surface area contributed by atoms with Crippen molar-refractivity contribution in [3.8, 4) is 5.75 Å². The Bertz CT molecular complexity index is 265. The lowest BCUT2D eigenvalue weighted by molar-refractivity contribution is 0.284. The number of nitrogens with two attached hydrogens (primary N) is 1. The van der Waals surface area contributed by atoms with E-state index in [-0.39, 0.29) is 11.9 Å². The Hall–Kier alpha value is -1.09. The lowest BCUT2D eigenvalue weighted by Gasteiger charge is -2.10. The van der Waals surface area contributed by atoms with E-state index in [2.05, 4.69) is 0 Å². The van der Waals surface area contributed by atoms with Crippen LogP contribution in [-0.2, 0) is 0 Å². The van der Waals surface area contributed by atoms with Gasteiger partial charge in [0.1, 0.15) is 18.2 Å². The van der Waals surface area contributed by atoms with Crippen LogP contribution in [0.2, 0.25) is 0 Å². The zero-order valence-corrected chi connectivity index (χ0v) is 7.66. The molecule has 0 saturated carbocycles. The fourth-order valence-electron chi connectivity index (χ4n) is 0.878. The van der Waals surface area contributed by atoms with E-state index >= 15 is 0 Å². The largest absolute Gasteiger partial charge is 0.492 e. The Morgan fingerprint density at radius 3 is 2.92 bits per heavy atom. The highest BCUT2D eigenvalue weighted by Crippen LogP contribution is 2.11. The van der Waals surface area contributed by atoms with Crippen molar-refractivity contribution in [2.24, 2.45) is 5.73 Å². The standard InChI is InChI=1S/C10H14FNO/c1-2-9(12)7-13-10-5-3-4-8(11)6-10/h3-6,9H,2,7,12H2,1H3. The van der Waals surface area contributed by atoms with E-state index in [0.717, 1.165) is 6.42 Å². The number of rotatable bonds is 4. The Kier molecular flexibility index (Phi) is 3.71. The molecule has 1 aromatic rings. The minimum Gasteiger partial charge on any atom is -0.492 e. The Balaban J connectivity index is 2.45. The van der Waals surface area contributed by atoms with Crippen LogP contribution in [-0.4, -0.2) is 12.6 Å². The summed E-state index contributed by atoms with van der Waals surface area (Å²) in [7, 11) is 0. The van der Waals surface area contributed by atoms with Crippen LogP contribution in [0.1, 0.15) is 13.3 Å². The van der Waals surface area contributed by atoms with Crippen LogP contribution in [0.4, 0.5) is 4.39 Å². The molecule has 13 heavy (non-hydrogen) atoms. The first kappa shape index (κ1) is 9.99. The molecule has 0 aliphatic heterocycles. The number of halogens is 1. The van der Waals surface area contributed by atoms with Crippen molar-refractivity contribution >= 4 is 0 Å². The summed E-state index contributed by atoms with van der Waals surface area (Å²) in [4.78, 5) is 0. The highest BCUT2D eigenvalue weighted by molar-refractivity contribution is 5.22. The van der Waals surface area contributed by atoms with Crippen molar-refractivity contribution in [2.75, 3.05) is 6.61 Å². The van der Waals surface area contributed by atoms with E-state index in [1.165, 1.54) is 12.1 Å². The van der Waals surface area contributed by atoms with Crippen LogP contribution in [0, 0.1) is 5.82 Å². The molecule has 0 aliphatic rings. The molecule has 0 spiro atoms. The molecular formula is C10H14FNO. The first-order chi connectivity index (χ1) is 6.22. The van der Waals surface area contributed by atoms with Gasteiger partial charge < -0.3 is 10.5 Å². The number of benzene rings is 1. The molecule has 1 aromatic carbocycles. The van der Waals surface area contributed by atoms with E-state index in [1.807, 2.05) is 6.92 Å². The highest BCUT2D eigenvalue weighted by Gasteiger charge is 2.00. The minimum absolute atomic E-state index is 0.0169. The predicted molar refractivity (Wildman–Crippen MR) is 50.2 cm³/mol. The Morgan fingerprint density at radius 2 is 2.31 bits per heavy atom. The topological polar surface area (TPSA) is 35.2 Å².